The summed E-state index contributed by atoms with van der Waals surface area (Å²) in [5.41, 5.74) is 2.18. The van der Waals surface area contributed by atoms with Crippen LogP contribution in [0, 0.1) is 12.8 Å². The summed E-state index contributed by atoms with van der Waals surface area (Å²) in [5, 5.41) is 2.94. The second kappa shape index (κ2) is 12.0. The van der Waals surface area contributed by atoms with Gasteiger partial charge in [0.1, 0.15) is 11.8 Å². The molecule has 5 nitrogen and oxygen atoms in total. The highest BCUT2D eigenvalue weighted by Crippen LogP contribution is 2.14. The summed E-state index contributed by atoms with van der Waals surface area (Å²) in [6.07, 6.45) is 0.929. The summed E-state index contributed by atoms with van der Waals surface area (Å²) in [4.78, 5) is 27.2. The van der Waals surface area contributed by atoms with E-state index in [0.717, 1.165) is 11.3 Å². The number of hydrogen-bond donors (Lipinski definition) is 1. The molecule has 0 unspecified atom stereocenters. The maximum atomic E-state index is 13.0. The number of nitrogens with zero attached hydrogens (tertiary/aromatic N) is 1. The topological polar surface area (TPSA) is 58.6 Å². The Balaban J connectivity index is 1.94. The number of benzene rings is 2. The number of amides is 2. The van der Waals surface area contributed by atoms with Gasteiger partial charge in [-0.3, -0.25) is 9.59 Å². The van der Waals surface area contributed by atoms with E-state index in [1.165, 1.54) is 5.56 Å². The van der Waals surface area contributed by atoms with E-state index >= 15 is 0 Å². The zero-order chi connectivity index (χ0) is 21.9. The molecule has 0 aliphatic heterocycles. The lowest BCUT2D eigenvalue weighted by atomic mass is 10.1. The fourth-order valence-corrected chi connectivity index (χ4v) is 3.01. The van der Waals surface area contributed by atoms with Crippen LogP contribution in [0.5, 0.6) is 5.75 Å². The first-order chi connectivity index (χ1) is 14.4. The van der Waals surface area contributed by atoms with Gasteiger partial charge < -0.3 is 15.0 Å². The Hall–Kier alpha value is -2.82. The van der Waals surface area contributed by atoms with Gasteiger partial charge in [-0.1, -0.05) is 61.9 Å². The summed E-state index contributed by atoms with van der Waals surface area (Å²) in [5.74, 6) is 0.997. The maximum Gasteiger partial charge on any atom is 0.242 e. The minimum Gasteiger partial charge on any atom is -0.494 e. The molecule has 0 spiro atoms. The number of hydrogen-bond acceptors (Lipinski definition) is 3. The highest BCUT2D eigenvalue weighted by molar-refractivity contribution is 5.87. The molecule has 2 amide bonds. The predicted octanol–water partition coefficient (Wildman–Crippen LogP) is 4.34. The first kappa shape index (κ1) is 23.5. The first-order valence-electron chi connectivity index (χ1n) is 10.7. The van der Waals surface area contributed by atoms with Crippen LogP contribution in [0.1, 0.15) is 44.7 Å². The molecule has 0 saturated heterocycles. The Morgan fingerprint density at radius 1 is 1.00 bits per heavy atom. The summed E-state index contributed by atoms with van der Waals surface area (Å²) in [6.45, 7) is 9.39. The van der Waals surface area contributed by atoms with Crippen molar-refractivity contribution in [2.45, 2.75) is 53.1 Å². The van der Waals surface area contributed by atoms with Crippen molar-refractivity contribution in [3.63, 3.8) is 0 Å². The van der Waals surface area contributed by atoms with E-state index in [4.69, 9.17) is 4.74 Å². The average molecular weight is 411 g/mol. The monoisotopic (exact) mass is 410 g/mol. The Morgan fingerprint density at radius 2 is 1.67 bits per heavy atom. The molecule has 30 heavy (non-hydrogen) atoms. The molecule has 1 N–H and O–H groups in total. The zero-order valence-electron chi connectivity index (χ0n) is 18.6. The molecule has 0 radical (unpaired) electrons. The van der Waals surface area contributed by atoms with Crippen LogP contribution in [0.15, 0.2) is 54.6 Å². The van der Waals surface area contributed by atoms with Crippen LogP contribution < -0.4 is 10.1 Å². The van der Waals surface area contributed by atoms with E-state index in [9.17, 15) is 9.59 Å². The molecule has 2 rings (SSSR count). The highest BCUT2D eigenvalue weighted by atomic mass is 16.5. The van der Waals surface area contributed by atoms with Crippen molar-refractivity contribution in [1.82, 2.24) is 10.2 Å². The Bertz CT molecular complexity index is 788. The van der Waals surface area contributed by atoms with E-state index in [-0.39, 0.29) is 11.8 Å². The van der Waals surface area contributed by atoms with Gasteiger partial charge in [0.05, 0.1) is 6.61 Å². The van der Waals surface area contributed by atoms with Gasteiger partial charge in [0.25, 0.3) is 0 Å². The summed E-state index contributed by atoms with van der Waals surface area (Å²) in [7, 11) is 0. The normalized spacial score (nSPS) is 11.8. The second-order valence-corrected chi connectivity index (χ2v) is 8.09. The van der Waals surface area contributed by atoms with Crippen LogP contribution in [0.4, 0.5) is 0 Å². The van der Waals surface area contributed by atoms with Gasteiger partial charge in [0.15, 0.2) is 0 Å². The van der Waals surface area contributed by atoms with Crippen molar-refractivity contribution in [1.29, 1.82) is 0 Å². The number of ether oxygens (including phenoxy) is 1. The van der Waals surface area contributed by atoms with Gasteiger partial charge in [0, 0.05) is 19.5 Å². The molecule has 0 aliphatic carbocycles. The fourth-order valence-electron chi connectivity index (χ4n) is 3.01. The first-order valence-corrected chi connectivity index (χ1v) is 10.7. The van der Waals surface area contributed by atoms with E-state index < -0.39 is 6.04 Å². The number of carbonyl (C=O) groups is 2. The Morgan fingerprint density at radius 3 is 2.30 bits per heavy atom. The van der Waals surface area contributed by atoms with E-state index in [1.54, 1.807) is 11.8 Å². The standard InChI is InChI=1S/C25H34N2O3/c1-19(2)17-26-25(29)21(4)27(18-22-9-6-5-7-10-22)24(28)11-8-16-30-23-14-12-20(3)13-15-23/h5-7,9-10,12-15,19,21H,8,11,16-18H2,1-4H3,(H,26,29)/t21-/m0/s1. The molecule has 2 aromatic rings. The number of aryl methyl sites for hydroxylation is 1. The Kier molecular flexibility index (Phi) is 9.39. The van der Waals surface area contributed by atoms with Crippen LogP contribution in [0.25, 0.3) is 0 Å². The fraction of sp³-hybridized carbons (Fsp3) is 0.440. The van der Waals surface area contributed by atoms with Gasteiger partial charge in [-0.2, -0.15) is 0 Å². The van der Waals surface area contributed by atoms with Gasteiger partial charge in [0.2, 0.25) is 11.8 Å². The molecular weight excluding hydrogens is 376 g/mol. The summed E-state index contributed by atoms with van der Waals surface area (Å²) >= 11 is 0. The van der Waals surface area contributed by atoms with Gasteiger partial charge in [-0.05, 0) is 43.9 Å². The van der Waals surface area contributed by atoms with E-state index in [2.05, 4.69) is 5.32 Å². The maximum absolute atomic E-state index is 13.0. The van der Waals surface area contributed by atoms with Crippen molar-refractivity contribution in [2.24, 2.45) is 5.92 Å². The lowest BCUT2D eigenvalue weighted by Crippen LogP contribution is -2.48. The number of rotatable bonds is 11. The van der Waals surface area contributed by atoms with E-state index in [0.29, 0.717) is 38.5 Å². The molecule has 0 fully saturated rings. The molecule has 2 aromatic carbocycles. The van der Waals surface area contributed by atoms with Crippen LogP contribution in [-0.2, 0) is 16.1 Å². The average Bonchev–Trinajstić information content (AvgIpc) is 2.74. The zero-order valence-corrected chi connectivity index (χ0v) is 18.6. The largest absolute Gasteiger partial charge is 0.494 e. The lowest BCUT2D eigenvalue weighted by Gasteiger charge is -2.29. The molecule has 5 heteroatoms. The Labute approximate surface area is 180 Å². The van der Waals surface area contributed by atoms with Crippen LogP contribution in [0.3, 0.4) is 0 Å². The van der Waals surface area contributed by atoms with Crippen LogP contribution >= 0.6 is 0 Å². The highest BCUT2D eigenvalue weighted by Gasteiger charge is 2.25. The van der Waals surface area contributed by atoms with Crippen molar-refractivity contribution in [3.05, 3.63) is 65.7 Å². The van der Waals surface area contributed by atoms with Gasteiger partial charge in [-0.15, -0.1) is 0 Å². The van der Waals surface area contributed by atoms with Crippen molar-refractivity contribution >= 4 is 11.8 Å². The van der Waals surface area contributed by atoms with Crippen molar-refractivity contribution in [3.8, 4) is 5.75 Å². The molecule has 0 heterocycles. The van der Waals surface area contributed by atoms with Gasteiger partial charge in [-0.25, -0.2) is 0 Å². The van der Waals surface area contributed by atoms with Crippen LogP contribution in [-0.4, -0.2) is 35.9 Å². The molecule has 0 saturated carbocycles. The van der Waals surface area contributed by atoms with E-state index in [1.807, 2.05) is 75.4 Å². The summed E-state index contributed by atoms with van der Waals surface area (Å²) in [6, 6.07) is 17.1. The summed E-state index contributed by atoms with van der Waals surface area (Å²) < 4.78 is 5.73. The smallest absolute Gasteiger partial charge is 0.242 e. The quantitative estimate of drug-likeness (QED) is 0.561. The van der Waals surface area contributed by atoms with Gasteiger partial charge >= 0.3 is 0 Å². The molecular formula is C25H34N2O3. The third-order valence-electron chi connectivity index (χ3n) is 4.87. The molecule has 1 atom stereocenters. The van der Waals surface area contributed by atoms with Crippen molar-refractivity contribution in [2.75, 3.05) is 13.2 Å². The lowest BCUT2D eigenvalue weighted by molar-refractivity contribution is -0.140. The second-order valence-electron chi connectivity index (χ2n) is 8.09. The molecule has 162 valence electrons. The minimum absolute atomic E-state index is 0.0430. The number of nitrogens with one attached hydrogen (secondary N) is 1. The van der Waals surface area contributed by atoms with Crippen molar-refractivity contribution < 1.29 is 14.3 Å². The predicted molar refractivity (Wildman–Crippen MR) is 120 cm³/mol. The third kappa shape index (κ3) is 7.90. The third-order valence-corrected chi connectivity index (χ3v) is 4.87. The molecule has 0 aliphatic rings. The minimum atomic E-state index is -0.533. The SMILES string of the molecule is Cc1ccc(OCCCC(=O)N(Cc2ccccc2)[C@@H](C)C(=O)NCC(C)C)cc1. The molecule has 0 aromatic heterocycles. The van der Waals surface area contributed by atoms with Crippen LogP contribution in [0.2, 0.25) is 0 Å². The molecule has 0 bridgehead atoms. The number of carbonyl (C=O) groups excluding carboxylic acids is 2.